The lowest BCUT2D eigenvalue weighted by molar-refractivity contribution is -0.122. The van der Waals surface area contributed by atoms with Crippen molar-refractivity contribution >= 4 is 11.8 Å². The molecule has 0 rings (SSSR count). The molecule has 0 radical (unpaired) electrons. The van der Waals surface area contributed by atoms with E-state index in [9.17, 15) is 9.59 Å². The van der Waals surface area contributed by atoms with E-state index in [1.165, 1.54) is 0 Å². The Balaban J connectivity index is 3.32. The normalized spacial score (nSPS) is 8.86. The van der Waals surface area contributed by atoms with Crippen molar-refractivity contribution in [3.63, 3.8) is 0 Å². The SMILES string of the molecule is CNC(=O)CCNCC(=O)NCC#N. The van der Waals surface area contributed by atoms with Crippen LogP contribution in [0, 0.1) is 11.3 Å². The van der Waals surface area contributed by atoms with Crippen LogP contribution in [0.1, 0.15) is 6.42 Å². The van der Waals surface area contributed by atoms with E-state index in [1.54, 1.807) is 13.1 Å². The lowest BCUT2D eigenvalue weighted by Crippen LogP contribution is -2.35. The third-order valence-corrected chi connectivity index (χ3v) is 1.46. The first kappa shape index (κ1) is 12.4. The van der Waals surface area contributed by atoms with Gasteiger partial charge < -0.3 is 16.0 Å². The highest BCUT2D eigenvalue weighted by Crippen LogP contribution is 1.74. The first-order valence-electron chi connectivity index (χ1n) is 4.25. The molecule has 0 fully saturated rings. The molecule has 0 bridgehead atoms. The van der Waals surface area contributed by atoms with Crippen LogP contribution in [0.2, 0.25) is 0 Å². The fourth-order valence-electron chi connectivity index (χ4n) is 0.729. The van der Waals surface area contributed by atoms with Crippen molar-refractivity contribution in [2.45, 2.75) is 6.42 Å². The molecule has 14 heavy (non-hydrogen) atoms. The van der Waals surface area contributed by atoms with Crippen LogP contribution in [0.3, 0.4) is 0 Å². The monoisotopic (exact) mass is 198 g/mol. The zero-order valence-corrected chi connectivity index (χ0v) is 8.09. The Morgan fingerprint density at radius 3 is 2.64 bits per heavy atom. The van der Waals surface area contributed by atoms with Crippen LogP contribution >= 0.6 is 0 Å². The maximum atomic E-state index is 10.9. The van der Waals surface area contributed by atoms with Gasteiger partial charge in [-0.2, -0.15) is 5.26 Å². The van der Waals surface area contributed by atoms with Crippen molar-refractivity contribution < 1.29 is 9.59 Å². The fourth-order valence-corrected chi connectivity index (χ4v) is 0.729. The van der Waals surface area contributed by atoms with E-state index in [4.69, 9.17) is 5.26 Å². The standard InChI is InChI=1S/C8H14N4O2/c1-10-7(13)2-4-11-6-8(14)12-5-3-9/h11H,2,4-6H2,1H3,(H,10,13)(H,12,14). The molecule has 0 saturated carbocycles. The molecular weight excluding hydrogens is 184 g/mol. The Hall–Kier alpha value is -1.61. The number of carbonyl (C=O) groups excluding carboxylic acids is 2. The molecule has 0 atom stereocenters. The smallest absolute Gasteiger partial charge is 0.234 e. The van der Waals surface area contributed by atoms with Crippen LogP contribution in [0.25, 0.3) is 0 Å². The summed E-state index contributed by atoms with van der Waals surface area (Å²) in [4.78, 5) is 21.6. The highest BCUT2D eigenvalue weighted by Gasteiger charge is 2.00. The maximum absolute atomic E-state index is 10.9. The molecule has 0 aliphatic carbocycles. The Morgan fingerprint density at radius 1 is 1.36 bits per heavy atom. The van der Waals surface area contributed by atoms with Gasteiger partial charge in [0, 0.05) is 20.0 Å². The molecule has 2 amide bonds. The number of hydrogen-bond donors (Lipinski definition) is 3. The van der Waals surface area contributed by atoms with Gasteiger partial charge in [-0.15, -0.1) is 0 Å². The molecule has 0 unspecified atom stereocenters. The molecule has 0 aliphatic heterocycles. The van der Waals surface area contributed by atoms with E-state index >= 15 is 0 Å². The second-order valence-electron chi connectivity index (χ2n) is 2.53. The average molecular weight is 198 g/mol. The van der Waals surface area contributed by atoms with E-state index in [2.05, 4.69) is 16.0 Å². The summed E-state index contributed by atoms with van der Waals surface area (Å²) in [7, 11) is 1.56. The summed E-state index contributed by atoms with van der Waals surface area (Å²) in [5.41, 5.74) is 0. The van der Waals surface area contributed by atoms with E-state index in [0.29, 0.717) is 13.0 Å². The third-order valence-electron chi connectivity index (χ3n) is 1.46. The summed E-state index contributed by atoms with van der Waals surface area (Å²) in [5, 5.41) is 15.8. The van der Waals surface area contributed by atoms with Gasteiger partial charge in [-0.3, -0.25) is 9.59 Å². The number of rotatable bonds is 6. The molecular formula is C8H14N4O2. The molecule has 6 heteroatoms. The molecule has 0 spiro atoms. The Morgan fingerprint density at radius 2 is 2.07 bits per heavy atom. The maximum Gasteiger partial charge on any atom is 0.234 e. The summed E-state index contributed by atoms with van der Waals surface area (Å²) < 4.78 is 0. The van der Waals surface area contributed by atoms with Crippen LogP contribution in [0.4, 0.5) is 0 Å². The highest BCUT2D eigenvalue weighted by molar-refractivity contribution is 5.78. The molecule has 78 valence electrons. The van der Waals surface area contributed by atoms with Crippen molar-refractivity contribution in [2.75, 3.05) is 26.7 Å². The third kappa shape index (κ3) is 7.06. The van der Waals surface area contributed by atoms with Gasteiger partial charge >= 0.3 is 0 Å². The van der Waals surface area contributed by atoms with Gasteiger partial charge in [0.25, 0.3) is 0 Å². The summed E-state index contributed by atoms with van der Waals surface area (Å²) in [6.07, 6.45) is 0.335. The number of nitriles is 1. The topological polar surface area (TPSA) is 94.0 Å². The Bertz CT molecular complexity index is 234. The van der Waals surface area contributed by atoms with Crippen molar-refractivity contribution in [2.24, 2.45) is 0 Å². The molecule has 6 nitrogen and oxygen atoms in total. The summed E-state index contributed by atoms with van der Waals surface area (Å²) in [6.45, 7) is 0.578. The lowest BCUT2D eigenvalue weighted by atomic mass is 10.4. The molecule has 0 aromatic rings. The van der Waals surface area contributed by atoms with Crippen LogP contribution in [0.5, 0.6) is 0 Å². The number of nitrogens with one attached hydrogen (secondary N) is 3. The second kappa shape index (κ2) is 8.01. The molecule has 0 aromatic heterocycles. The first-order valence-corrected chi connectivity index (χ1v) is 4.25. The van der Waals surface area contributed by atoms with Gasteiger partial charge in [-0.1, -0.05) is 0 Å². The average Bonchev–Trinajstić information content (AvgIpc) is 2.21. The van der Waals surface area contributed by atoms with Crippen molar-refractivity contribution in [1.29, 1.82) is 5.26 Å². The largest absolute Gasteiger partial charge is 0.359 e. The van der Waals surface area contributed by atoms with Gasteiger partial charge in [-0.05, 0) is 0 Å². The Kier molecular flexibility index (Phi) is 7.09. The minimum absolute atomic E-state index is 0.00988. The van der Waals surface area contributed by atoms with Crippen LogP contribution < -0.4 is 16.0 Å². The van der Waals surface area contributed by atoms with Gasteiger partial charge in [0.05, 0.1) is 12.6 Å². The number of amides is 2. The zero-order valence-electron chi connectivity index (χ0n) is 8.09. The molecule has 3 N–H and O–H groups in total. The predicted octanol–water partition coefficient (Wildman–Crippen LogP) is -1.65. The van der Waals surface area contributed by atoms with Gasteiger partial charge in [-0.25, -0.2) is 0 Å². The fraction of sp³-hybridized carbons (Fsp3) is 0.625. The summed E-state index contributed by atoms with van der Waals surface area (Å²) in [5.74, 6) is -0.321. The van der Waals surface area contributed by atoms with Crippen LogP contribution in [-0.4, -0.2) is 38.5 Å². The Labute approximate surface area is 82.7 Å². The number of carbonyl (C=O) groups is 2. The van der Waals surface area contributed by atoms with Gasteiger partial charge in [0.15, 0.2) is 0 Å². The minimum atomic E-state index is -0.247. The van der Waals surface area contributed by atoms with E-state index in [1.807, 2.05) is 0 Å². The predicted molar refractivity (Wildman–Crippen MR) is 50.2 cm³/mol. The van der Waals surface area contributed by atoms with E-state index in [0.717, 1.165) is 0 Å². The lowest BCUT2D eigenvalue weighted by Gasteiger charge is -2.03. The van der Waals surface area contributed by atoms with Crippen molar-refractivity contribution in [3.8, 4) is 6.07 Å². The summed E-state index contributed by atoms with van der Waals surface area (Å²) in [6, 6.07) is 1.79. The van der Waals surface area contributed by atoms with Gasteiger partial charge in [0.1, 0.15) is 6.54 Å². The van der Waals surface area contributed by atoms with Crippen LogP contribution in [0.15, 0.2) is 0 Å². The van der Waals surface area contributed by atoms with E-state index < -0.39 is 0 Å². The van der Waals surface area contributed by atoms with Crippen molar-refractivity contribution in [3.05, 3.63) is 0 Å². The van der Waals surface area contributed by atoms with Crippen LogP contribution in [-0.2, 0) is 9.59 Å². The highest BCUT2D eigenvalue weighted by atomic mass is 16.2. The van der Waals surface area contributed by atoms with Gasteiger partial charge in [0.2, 0.25) is 11.8 Å². The minimum Gasteiger partial charge on any atom is -0.359 e. The zero-order chi connectivity index (χ0) is 10.8. The summed E-state index contributed by atoms with van der Waals surface area (Å²) >= 11 is 0. The molecule has 0 saturated heterocycles. The first-order chi connectivity index (χ1) is 6.70. The quantitative estimate of drug-likeness (QED) is 0.352. The molecule has 0 heterocycles. The second-order valence-corrected chi connectivity index (χ2v) is 2.53. The number of hydrogen-bond acceptors (Lipinski definition) is 4. The molecule has 0 aromatic carbocycles. The van der Waals surface area contributed by atoms with E-state index in [-0.39, 0.29) is 24.9 Å². The van der Waals surface area contributed by atoms with Crippen molar-refractivity contribution in [1.82, 2.24) is 16.0 Å². The number of nitrogens with zero attached hydrogens (tertiary/aromatic N) is 1. The molecule has 0 aliphatic rings.